The lowest BCUT2D eigenvalue weighted by atomic mass is 10.0. The lowest BCUT2D eigenvalue weighted by molar-refractivity contribution is -0.139. The van der Waals surface area contributed by atoms with E-state index in [-0.39, 0.29) is 22.0 Å². The number of amides is 1. The fraction of sp³-hybridized carbons (Fsp3) is 0.125. The second-order valence-corrected chi connectivity index (χ2v) is 8.53. The monoisotopic (exact) mass is 512 g/mol. The average Bonchev–Trinajstić information content (AvgIpc) is 2.83. The molecule has 9 nitrogen and oxygen atoms in total. The molecule has 2 aromatic carbocycles. The predicted octanol–water partition coefficient (Wildman–Crippen LogP) is 2.82. The Kier molecular flexibility index (Phi) is 6.72. The molecule has 0 saturated heterocycles. The number of nitrogens with zero attached hydrogens (tertiary/aromatic N) is 3. The van der Waals surface area contributed by atoms with Gasteiger partial charge in [-0.25, -0.2) is 14.2 Å². The van der Waals surface area contributed by atoms with Crippen molar-refractivity contribution in [2.75, 3.05) is 0 Å². The maximum atomic E-state index is 13.0. The van der Waals surface area contributed by atoms with Gasteiger partial charge >= 0.3 is 11.7 Å². The Labute approximate surface area is 208 Å². The standard InChI is InChI=1S/C24H18Cl2N4O5/c1-29-19-5-3-2-4-15(19)22(32)30(24(29)35)14-8-6-13(7-9-14)10-18(23(33)34)28-21(31)20-16(25)11-27-12-17(20)26/h2-9,11-12,18H,10H2,1H3,(H,28,31)(H,33,34)/t18-/m0/s1. The topological polar surface area (TPSA) is 123 Å². The fourth-order valence-electron chi connectivity index (χ4n) is 3.71. The van der Waals surface area contributed by atoms with Crippen LogP contribution < -0.4 is 16.6 Å². The highest BCUT2D eigenvalue weighted by molar-refractivity contribution is 6.39. The summed E-state index contributed by atoms with van der Waals surface area (Å²) in [6, 6.07) is 11.8. The van der Waals surface area contributed by atoms with Gasteiger partial charge in [0.1, 0.15) is 6.04 Å². The number of halogens is 2. The SMILES string of the molecule is Cn1c(=O)n(-c2ccc(C[C@H](NC(=O)c3c(Cl)cncc3Cl)C(=O)O)cc2)c(=O)c2ccccc21. The van der Waals surface area contributed by atoms with Crippen LogP contribution in [0.5, 0.6) is 0 Å². The zero-order valence-corrected chi connectivity index (χ0v) is 19.7. The van der Waals surface area contributed by atoms with Crippen molar-refractivity contribution in [2.45, 2.75) is 12.5 Å². The molecule has 1 amide bonds. The minimum atomic E-state index is -1.29. The number of aliphatic carboxylic acids is 1. The number of carbonyl (C=O) groups is 2. The molecule has 0 aliphatic heterocycles. The Morgan fingerprint density at radius 2 is 1.66 bits per heavy atom. The molecule has 11 heteroatoms. The number of fused-ring (bicyclic) bond motifs is 1. The first-order chi connectivity index (χ1) is 16.7. The number of aromatic nitrogens is 3. The number of hydrogen-bond acceptors (Lipinski definition) is 5. The summed E-state index contributed by atoms with van der Waals surface area (Å²) in [5.74, 6) is -2.01. The number of carbonyl (C=O) groups excluding carboxylic acids is 1. The fourth-order valence-corrected chi connectivity index (χ4v) is 4.25. The third-order valence-electron chi connectivity index (χ3n) is 5.50. The summed E-state index contributed by atoms with van der Waals surface area (Å²) in [5.41, 5.74) is 0.359. The van der Waals surface area contributed by atoms with Gasteiger partial charge < -0.3 is 10.4 Å². The number of rotatable bonds is 6. The highest BCUT2D eigenvalue weighted by atomic mass is 35.5. The zero-order chi connectivity index (χ0) is 25.3. The van der Waals surface area contributed by atoms with Crippen molar-refractivity contribution in [1.29, 1.82) is 0 Å². The Morgan fingerprint density at radius 1 is 1.03 bits per heavy atom. The van der Waals surface area contributed by atoms with Crippen molar-refractivity contribution >= 4 is 46.0 Å². The average molecular weight is 513 g/mol. The van der Waals surface area contributed by atoms with Gasteiger partial charge in [-0.2, -0.15) is 0 Å². The van der Waals surface area contributed by atoms with Gasteiger partial charge in [0, 0.05) is 25.9 Å². The highest BCUT2D eigenvalue weighted by Crippen LogP contribution is 2.23. The van der Waals surface area contributed by atoms with Crippen molar-refractivity contribution in [2.24, 2.45) is 7.05 Å². The molecule has 1 atom stereocenters. The number of para-hydroxylation sites is 1. The number of hydrogen-bond donors (Lipinski definition) is 2. The maximum Gasteiger partial charge on any atom is 0.335 e. The Morgan fingerprint density at radius 3 is 2.29 bits per heavy atom. The summed E-state index contributed by atoms with van der Waals surface area (Å²) >= 11 is 12.0. The molecule has 2 N–H and O–H groups in total. The Balaban J connectivity index is 1.61. The van der Waals surface area contributed by atoms with E-state index < -0.39 is 29.2 Å². The van der Waals surface area contributed by atoms with E-state index in [4.69, 9.17) is 23.2 Å². The minimum absolute atomic E-state index is 0.00843. The molecule has 0 aliphatic rings. The largest absolute Gasteiger partial charge is 0.480 e. The van der Waals surface area contributed by atoms with Crippen LogP contribution in [0.4, 0.5) is 0 Å². The van der Waals surface area contributed by atoms with Crippen LogP contribution in [0, 0.1) is 0 Å². The first-order valence-corrected chi connectivity index (χ1v) is 11.1. The van der Waals surface area contributed by atoms with Crippen LogP contribution >= 0.6 is 23.2 Å². The maximum absolute atomic E-state index is 13.0. The van der Waals surface area contributed by atoms with E-state index in [1.165, 1.54) is 17.0 Å². The van der Waals surface area contributed by atoms with E-state index in [1.807, 2.05) is 0 Å². The van der Waals surface area contributed by atoms with Crippen molar-refractivity contribution in [1.82, 2.24) is 19.4 Å². The summed E-state index contributed by atoms with van der Waals surface area (Å²) < 4.78 is 2.44. The van der Waals surface area contributed by atoms with Crippen molar-refractivity contribution < 1.29 is 14.7 Å². The van der Waals surface area contributed by atoms with E-state index in [2.05, 4.69) is 10.3 Å². The van der Waals surface area contributed by atoms with Gasteiger partial charge in [-0.3, -0.25) is 19.1 Å². The summed E-state index contributed by atoms with van der Waals surface area (Å²) in [7, 11) is 1.58. The third-order valence-corrected chi connectivity index (χ3v) is 6.07. The molecular formula is C24H18Cl2N4O5. The molecule has 4 aromatic rings. The number of carboxylic acid groups (broad SMARTS) is 1. The highest BCUT2D eigenvalue weighted by Gasteiger charge is 2.24. The van der Waals surface area contributed by atoms with E-state index >= 15 is 0 Å². The van der Waals surface area contributed by atoms with Crippen LogP contribution in [0.3, 0.4) is 0 Å². The zero-order valence-electron chi connectivity index (χ0n) is 18.2. The molecule has 4 rings (SSSR count). The molecule has 178 valence electrons. The number of pyridine rings is 1. The number of carboxylic acids is 1. The minimum Gasteiger partial charge on any atom is -0.480 e. The van der Waals surface area contributed by atoms with Gasteiger partial charge in [-0.15, -0.1) is 0 Å². The van der Waals surface area contributed by atoms with Crippen LogP contribution in [0.25, 0.3) is 16.6 Å². The lowest BCUT2D eigenvalue weighted by Gasteiger charge is -2.16. The first kappa shape index (κ1) is 24.2. The molecule has 0 fully saturated rings. The van der Waals surface area contributed by atoms with Crippen LogP contribution in [-0.4, -0.2) is 37.1 Å². The van der Waals surface area contributed by atoms with Crippen LogP contribution in [0.1, 0.15) is 15.9 Å². The second kappa shape index (κ2) is 9.73. The van der Waals surface area contributed by atoms with Crippen LogP contribution in [-0.2, 0) is 18.3 Å². The molecule has 2 heterocycles. The van der Waals surface area contributed by atoms with Gasteiger partial charge in [0.2, 0.25) is 0 Å². The van der Waals surface area contributed by atoms with E-state index in [0.717, 1.165) is 4.57 Å². The van der Waals surface area contributed by atoms with Crippen molar-refractivity contribution in [3.05, 3.63) is 103 Å². The summed E-state index contributed by atoms with van der Waals surface area (Å²) in [5, 5.41) is 12.4. The van der Waals surface area contributed by atoms with Crippen molar-refractivity contribution in [3.63, 3.8) is 0 Å². The second-order valence-electron chi connectivity index (χ2n) is 7.71. The summed E-state index contributed by atoms with van der Waals surface area (Å²) in [6.45, 7) is 0. The molecule has 0 radical (unpaired) electrons. The lowest BCUT2D eigenvalue weighted by Crippen LogP contribution is -2.42. The molecule has 0 aliphatic carbocycles. The predicted molar refractivity (Wildman–Crippen MR) is 132 cm³/mol. The van der Waals surface area contributed by atoms with Gasteiger partial charge in [0.15, 0.2) is 0 Å². The molecule has 35 heavy (non-hydrogen) atoms. The van der Waals surface area contributed by atoms with Crippen molar-refractivity contribution in [3.8, 4) is 5.69 Å². The van der Waals surface area contributed by atoms with Gasteiger partial charge in [-0.1, -0.05) is 47.5 Å². The Bertz CT molecular complexity index is 1560. The summed E-state index contributed by atoms with van der Waals surface area (Å²) in [6.07, 6.45) is 2.40. The van der Waals surface area contributed by atoms with Crippen LogP contribution in [0.2, 0.25) is 10.0 Å². The first-order valence-electron chi connectivity index (χ1n) is 10.3. The number of benzene rings is 2. The van der Waals surface area contributed by atoms with Gasteiger partial charge in [0.05, 0.1) is 32.2 Å². The molecule has 2 aromatic heterocycles. The molecular weight excluding hydrogens is 495 g/mol. The Hall–Kier alpha value is -3.95. The number of aryl methyl sites for hydroxylation is 1. The molecule has 0 unspecified atom stereocenters. The molecule has 0 spiro atoms. The van der Waals surface area contributed by atoms with Crippen LogP contribution in [0.15, 0.2) is 70.5 Å². The smallest absolute Gasteiger partial charge is 0.335 e. The molecule has 0 saturated carbocycles. The quantitative estimate of drug-likeness (QED) is 0.409. The molecule has 0 bridgehead atoms. The normalized spacial score (nSPS) is 11.9. The van der Waals surface area contributed by atoms with E-state index in [9.17, 15) is 24.3 Å². The summed E-state index contributed by atoms with van der Waals surface area (Å²) in [4.78, 5) is 54.0. The van der Waals surface area contributed by atoms with Gasteiger partial charge in [0.25, 0.3) is 11.5 Å². The number of nitrogens with one attached hydrogen (secondary N) is 1. The van der Waals surface area contributed by atoms with E-state index in [1.54, 1.807) is 55.6 Å². The van der Waals surface area contributed by atoms with Gasteiger partial charge in [-0.05, 0) is 29.8 Å². The van der Waals surface area contributed by atoms with E-state index in [0.29, 0.717) is 22.2 Å². The third kappa shape index (κ3) is 4.68.